The number of thioether (sulfide) groups is 1. The number of amides is 1. The highest BCUT2D eigenvalue weighted by Crippen LogP contribution is 2.25. The van der Waals surface area contributed by atoms with Gasteiger partial charge in [0.2, 0.25) is 11.0 Å². The molecule has 1 aliphatic rings. The van der Waals surface area contributed by atoms with Crippen molar-refractivity contribution in [1.29, 1.82) is 0 Å². The van der Waals surface area contributed by atoms with E-state index in [2.05, 4.69) is 22.4 Å². The van der Waals surface area contributed by atoms with E-state index >= 15 is 0 Å². The third-order valence-electron chi connectivity index (χ3n) is 3.21. The molecule has 0 unspecified atom stereocenters. The number of rotatable bonds is 4. The summed E-state index contributed by atoms with van der Waals surface area (Å²) in [4.78, 5) is 11.8. The molecule has 0 spiro atoms. The van der Waals surface area contributed by atoms with Gasteiger partial charge in [0.1, 0.15) is 0 Å². The molecule has 1 aromatic rings. The number of hydrogen-bond acceptors (Lipinski definition) is 6. The molecule has 2 atom stereocenters. The molecule has 1 aromatic heterocycles. The summed E-state index contributed by atoms with van der Waals surface area (Å²) in [7, 11) is 0. The molecule has 2 rings (SSSR count). The van der Waals surface area contributed by atoms with E-state index in [1.807, 2.05) is 0 Å². The predicted molar refractivity (Wildman–Crippen MR) is 74.6 cm³/mol. The van der Waals surface area contributed by atoms with Crippen LogP contribution in [0.4, 0.5) is 5.13 Å². The minimum atomic E-state index is 0.0764. The minimum Gasteiger partial charge on any atom is -0.374 e. The fourth-order valence-electron chi connectivity index (χ4n) is 2.19. The standard InChI is InChI=1S/C11H18N4OS2/c1-7-4-2-3-5-8(7)13-9(16)6-17-11-15-14-10(12)18-11/h7-8H,2-6H2,1H3,(H2,12,14)(H,13,16)/t7-,8-/m0/s1. The van der Waals surface area contributed by atoms with Gasteiger partial charge in [-0.1, -0.05) is 42.9 Å². The van der Waals surface area contributed by atoms with Crippen LogP contribution in [-0.4, -0.2) is 27.9 Å². The Labute approximate surface area is 115 Å². The Bertz CT molecular complexity index is 410. The molecule has 1 aliphatic carbocycles. The van der Waals surface area contributed by atoms with E-state index in [1.54, 1.807) is 0 Å². The Balaban J connectivity index is 1.74. The van der Waals surface area contributed by atoms with Crippen molar-refractivity contribution in [3.63, 3.8) is 0 Å². The monoisotopic (exact) mass is 286 g/mol. The zero-order chi connectivity index (χ0) is 13.0. The number of nitrogen functional groups attached to an aromatic ring is 1. The summed E-state index contributed by atoms with van der Waals surface area (Å²) in [6, 6.07) is 0.339. The van der Waals surface area contributed by atoms with E-state index in [0.717, 1.165) is 10.8 Å². The Morgan fingerprint density at radius 2 is 2.28 bits per heavy atom. The van der Waals surface area contributed by atoms with Crippen molar-refractivity contribution in [3.8, 4) is 0 Å². The number of hydrogen-bond donors (Lipinski definition) is 2. The maximum atomic E-state index is 11.8. The highest BCUT2D eigenvalue weighted by atomic mass is 32.2. The van der Waals surface area contributed by atoms with Crippen LogP contribution in [0.2, 0.25) is 0 Å². The first-order valence-electron chi connectivity index (χ1n) is 6.16. The van der Waals surface area contributed by atoms with Gasteiger partial charge in [-0.05, 0) is 18.8 Å². The lowest BCUT2D eigenvalue weighted by molar-refractivity contribution is -0.119. The molecule has 1 saturated carbocycles. The summed E-state index contributed by atoms with van der Waals surface area (Å²) in [6.45, 7) is 2.21. The van der Waals surface area contributed by atoms with Crippen LogP contribution in [0.15, 0.2) is 4.34 Å². The molecule has 7 heteroatoms. The van der Waals surface area contributed by atoms with Crippen LogP contribution in [0.25, 0.3) is 0 Å². The third kappa shape index (κ3) is 3.84. The van der Waals surface area contributed by atoms with Gasteiger partial charge < -0.3 is 11.1 Å². The molecule has 1 fully saturated rings. The molecule has 0 aliphatic heterocycles. The van der Waals surface area contributed by atoms with Crippen LogP contribution < -0.4 is 11.1 Å². The molecule has 1 amide bonds. The van der Waals surface area contributed by atoms with Gasteiger partial charge in [-0.3, -0.25) is 4.79 Å². The topological polar surface area (TPSA) is 80.9 Å². The first kappa shape index (κ1) is 13.6. The van der Waals surface area contributed by atoms with Gasteiger partial charge in [0, 0.05) is 6.04 Å². The van der Waals surface area contributed by atoms with Gasteiger partial charge in [0.15, 0.2) is 4.34 Å². The highest BCUT2D eigenvalue weighted by molar-refractivity contribution is 8.01. The van der Waals surface area contributed by atoms with Crippen LogP contribution in [0, 0.1) is 5.92 Å². The lowest BCUT2D eigenvalue weighted by Crippen LogP contribution is -2.41. The van der Waals surface area contributed by atoms with Gasteiger partial charge in [0.05, 0.1) is 5.75 Å². The zero-order valence-electron chi connectivity index (χ0n) is 10.4. The van der Waals surface area contributed by atoms with Gasteiger partial charge in [-0.15, -0.1) is 10.2 Å². The Morgan fingerprint density at radius 1 is 1.50 bits per heavy atom. The number of aromatic nitrogens is 2. The van der Waals surface area contributed by atoms with Crippen LogP contribution in [0.3, 0.4) is 0 Å². The van der Waals surface area contributed by atoms with E-state index in [9.17, 15) is 4.79 Å². The molecule has 0 radical (unpaired) electrons. The molecule has 18 heavy (non-hydrogen) atoms. The summed E-state index contributed by atoms with van der Waals surface area (Å²) in [5.41, 5.74) is 5.48. The number of nitrogens with two attached hydrogens (primary N) is 1. The van der Waals surface area contributed by atoms with Crippen molar-refractivity contribution < 1.29 is 4.79 Å². The summed E-state index contributed by atoms with van der Waals surface area (Å²) < 4.78 is 0.749. The average molecular weight is 286 g/mol. The molecule has 0 aromatic carbocycles. The number of nitrogens with one attached hydrogen (secondary N) is 1. The van der Waals surface area contributed by atoms with Crippen LogP contribution in [-0.2, 0) is 4.79 Å². The van der Waals surface area contributed by atoms with Crippen LogP contribution >= 0.6 is 23.1 Å². The second-order valence-electron chi connectivity index (χ2n) is 4.63. The SMILES string of the molecule is C[C@H]1CCCC[C@@H]1NC(=O)CSc1nnc(N)s1. The van der Waals surface area contributed by atoms with E-state index in [4.69, 9.17) is 5.73 Å². The first-order valence-corrected chi connectivity index (χ1v) is 7.96. The highest BCUT2D eigenvalue weighted by Gasteiger charge is 2.22. The van der Waals surface area contributed by atoms with E-state index in [-0.39, 0.29) is 5.91 Å². The second kappa shape index (κ2) is 6.38. The normalized spacial score (nSPS) is 23.8. The molecular weight excluding hydrogens is 268 g/mol. The van der Waals surface area contributed by atoms with Crippen molar-refractivity contribution >= 4 is 34.1 Å². The van der Waals surface area contributed by atoms with Crippen molar-refractivity contribution in [1.82, 2.24) is 15.5 Å². The minimum absolute atomic E-state index is 0.0764. The van der Waals surface area contributed by atoms with E-state index in [1.165, 1.54) is 42.4 Å². The van der Waals surface area contributed by atoms with Crippen molar-refractivity contribution in [2.45, 2.75) is 43.0 Å². The molecule has 0 saturated heterocycles. The Hall–Kier alpha value is -0.820. The molecular formula is C11H18N4OS2. The molecule has 5 nitrogen and oxygen atoms in total. The second-order valence-corrected chi connectivity index (χ2v) is 6.86. The number of nitrogens with zero attached hydrogens (tertiary/aromatic N) is 2. The lowest BCUT2D eigenvalue weighted by atomic mass is 9.86. The summed E-state index contributed by atoms with van der Waals surface area (Å²) in [6.07, 6.45) is 4.82. The number of carbonyl (C=O) groups is 1. The zero-order valence-corrected chi connectivity index (χ0v) is 12.0. The Kier molecular flexibility index (Phi) is 4.82. The van der Waals surface area contributed by atoms with Crippen molar-refractivity contribution in [3.05, 3.63) is 0 Å². The molecule has 1 heterocycles. The number of carbonyl (C=O) groups excluding carboxylic acids is 1. The first-order chi connectivity index (χ1) is 8.65. The quantitative estimate of drug-likeness (QED) is 0.826. The van der Waals surface area contributed by atoms with Gasteiger partial charge in [-0.2, -0.15) is 0 Å². The van der Waals surface area contributed by atoms with Crippen molar-refractivity contribution in [2.24, 2.45) is 5.92 Å². The summed E-state index contributed by atoms with van der Waals surface area (Å²) in [5, 5.41) is 11.1. The summed E-state index contributed by atoms with van der Waals surface area (Å²) >= 11 is 2.71. The average Bonchev–Trinajstić information content (AvgIpc) is 2.76. The van der Waals surface area contributed by atoms with Crippen molar-refractivity contribution in [2.75, 3.05) is 11.5 Å². The summed E-state index contributed by atoms with van der Waals surface area (Å²) in [5.74, 6) is 1.05. The largest absolute Gasteiger partial charge is 0.374 e. The van der Waals surface area contributed by atoms with E-state index in [0.29, 0.717) is 22.8 Å². The maximum Gasteiger partial charge on any atom is 0.230 e. The van der Waals surface area contributed by atoms with Crippen LogP contribution in [0.5, 0.6) is 0 Å². The molecule has 100 valence electrons. The predicted octanol–water partition coefficient (Wildman–Crippen LogP) is 1.91. The fraction of sp³-hybridized carbons (Fsp3) is 0.727. The fourth-order valence-corrected chi connectivity index (χ4v) is 3.63. The third-order valence-corrected chi connectivity index (χ3v) is 5.09. The van der Waals surface area contributed by atoms with E-state index < -0.39 is 0 Å². The molecule has 3 N–H and O–H groups in total. The van der Waals surface area contributed by atoms with Gasteiger partial charge in [-0.25, -0.2) is 0 Å². The van der Waals surface area contributed by atoms with Crippen LogP contribution in [0.1, 0.15) is 32.6 Å². The number of anilines is 1. The lowest BCUT2D eigenvalue weighted by Gasteiger charge is -2.29. The Morgan fingerprint density at radius 3 is 2.94 bits per heavy atom. The molecule has 0 bridgehead atoms. The maximum absolute atomic E-state index is 11.8. The smallest absolute Gasteiger partial charge is 0.230 e. The van der Waals surface area contributed by atoms with Gasteiger partial charge in [0.25, 0.3) is 0 Å². The van der Waals surface area contributed by atoms with Gasteiger partial charge >= 0.3 is 0 Å².